The maximum Gasteiger partial charge on any atom is 0.300 e. The Kier molecular flexibility index (Phi) is 5.13. The summed E-state index contributed by atoms with van der Waals surface area (Å²) in [6.45, 7) is 7.79. The summed E-state index contributed by atoms with van der Waals surface area (Å²) in [5.41, 5.74) is 0.372. The van der Waals surface area contributed by atoms with Gasteiger partial charge >= 0.3 is 0 Å². The first kappa shape index (κ1) is 13.4. The van der Waals surface area contributed by atoms with E-state index in [4.69, 9.17) is 9.90 Å². The van der Waals surface area contributed by atoms with Crippen molar-refractivity contribution in [1.82, 2.24) is 0 Å². The zero-order valence-electron chi connectivity index (χ0n) is 9.58. The summed E-state index contributed by atoms with van der Waals surface area (Å²) < 4.78 is 0. The minimum atomic E-state index is -0.833. The van der Waals surface area contributed by atoms with Gasteiger partial charge < -0.3 is 10.2 Å². The number of carboxylic acid groups (broad SMARTS) is 1. The fourth-order valence-corrected chi connectivity index (χ4v) is 2.30. The molecule has 0 spiro atoms. The molecule has 0 saturated heterocycles. The molecule has 1 aliphatic carbocycles. The highest BCUT2D eigenvalue weighted by atomic mass is 16.4. The summed E-state index contributed by atoms with van der Waals surface area (Å²) in [6, 6.07) is 0. The van der Waals surface area contributed by atoms with Crippen LogP contribution in [0.15, 0.2) is 0 Å². The number of aliphatic carboxylic acids is 1. The maximum atomic E-state index is 9.42. The third-order valence-electron chi connectivity index (χ3n) is 2.36. The smallest absolute Gasteiger partial charge is 0.300 e. The molecule has 1 rings (SSSR count). The third-order valence-corrected chi connectivity index (χ3v) is 2.36. The number of carboxylic acids is 1. The predicted octanol–water partition coefficient (Wildman–Crippen LogP) is 2.28. The molecule has 2 atom stereocenters. The van der Waals surface area contributed by atoms with Crippen molar-refractivity contribution < 1.29 is 15.0 Å². The largest absolute Gasteiger partial charge is 0.481 e. The monoisotopic (exact) mass is 202 g/mol. The van der Waals surface area contributed by atoms with Crippen molar-refractivity contribution >= 4 is 5.97 Å². The average Bonchev–Trinajstić information content (AvgIpc) is 1.76. The quantitative estimate of drug-likeness (QED) is 0.633. The Hall–Kier alpha value is -0.570. The Labute approximate surface area is 86.1 Å². The van der Waals surface area contributed by atoms with Crippen molar-refractivity contribution in [2.24, 2.45) is 11.3 Å². The van der Waals surface area contributed by atoms with E-state index < -0.39 is 5.97 Å². The molecule has 0 heterocycles. The highest BCUT2D eigenvalue weighted by Crippen LogP contribution is 2.38. The Morgan fingerprint density at radius 2 is 1.79 bits per heavy atom. The highest BCUT2D eigenvalue weighted by Gasteiger charge is 2.30. The van der Waals surface area contributed by atoms with Gasteiger partial charge in [0.1, 0.15) is 0 Å². The molecule has 0 radical (unpaired) electrons. The zero-order chi connectivity index (χ0) is 11.4. The first-order valence-corrected chi connectivity index (χ1v) is 5.10. The van der Waals surface area contributed by atoms with Crippen molar-refractivity contribution in [3.8, 4) is 0 Å². The van der Waals surface area contributed by atoms with Crippen LogP contribution in [0.2, 0.25) is 0 Å². The van der Waals surface area contributed by atoms with Crippen LogP contribution in [0.25, 0.3) is 0 Å². The van der Waals surface area contributed by atoms with Crippen LogP contribution in [-0.4, -0.2) is 22.3 Å². The Morgan fingerprint density at radius 3 is 2.07 bits per heavy atom. The summed E-state index contributed by atoms with van der Waals surface area (Å²) in [5.74, 6) is -0.126. The molecule has 0 bridgehead atoms. The maximum absolute atomic E-state index is 9.42. The summed E-state index contributed by atoms with van der Waals surface area (Å²) in [7, 11) is 0. The van der Waals surface area contributed by atoms with Crippen molar-refractivity contribution in [1.29, 1.82) is 0 Å². The second kappa shape index (κ2) is 5.35. The summed E-state index contributed by atoms with van der Waals surface area (Å²) in [4.78, 5) is 9.00. The zero-order valence-corrected chi connectivity index (χ0v) is 9.58. The lowest BCUT2D eigenvalue weighted by Crippen LogP contribution is -2.30. The molecular formula is C11H22O3. The highest BCUT2D eigenvalue weighted by molar-refractivity contribution is 5.62. The van der Waals surface area contributed by atoms with E-state index in [9.17, 15) is 5.11 Å². The lowest BCUT2D eigenvalue weighted by Gasteiger charge is -2.36. The van der Waals surface area contributed by atoms with E-state index >= 15 is 0 Å². The van der Waals surface area contributed by atoms with Gasteiger partial charge in [0.2, 0.25) is 0 Å². The SMILES string of the molecule is CC(=O)O.CC1CC(O)CC(C)(C)C1. The van der Waals surface area contributed by atoms with Gasteiger partial charge in [-0.3, -0.25) is 4.79 Å². The second-order valence-electron chi connectivity index (χ2n) is 5.09. The van der Waals surface area contributed by atoms with E-state index in [-0.39, 0.29) is 6.10 Å². The lowest BCUT2D eigenvalue weighted by atomic mass is 9.72. The Bertz CT molecular complexity index is 171. The molecule has 0 aromatic heterocycles. The molecule has 1 aliphatic rings. The van der Waals surface area contributed by atoms with E-state index in [1.165, 1.54) is 6.42 Å². The van der Waals surface area contributed by atoms with Crippen molar-refractivity contribution in [3.63, 3.8) is 0 Å². The van der Waals surface area contributed by atoms with Crippen LogP contribution in [0.1, 0.15) is 47.0 Å². The van der Waals surface area contributed by atoms with Gasteiger partial charge in [0.25, 0.3) is 5.97 Å². The van der Waals surface area contributed by atoms with E-state index in [0.717, 1.165) is 19.8 Å². The fraction of sp³-hybridized carbons (Fsp3) is 0.909. The van der Waals surface area contributed by atoms with Gasteiger partial charge in [-0.1, -0.05) is 20.8 Å². The predicted molar refractivity (Wildman–Crippen MR) is 56.1 cm³/mol. The van der Waals surface area contributed by atoms with Gasteiger partial charge in [0.15, 0.2) is 0 Å². The average molecular weight is 202 g/mol. The van der Waals surface area contributed by atoms with Crippen LogP contribution in [0, 0.1) is 11.3 Å². The normalized spacial score (nSPS) is 30.1. The molecule has 0 aromatic carbocycles. The van der Waals surface area contributed by atoms with Gasteiger partial charge in [-0.2, -0.15) is 0 Å². The van der Waals surface area contributed by atoms with Gasteiger partial charge in [-0.15, -0.1) is 0 Å². The first-order valence-electron chi connectivity index (χ1n) is 5.10. The molecule has 84 valence electrons. The molecule has 14 heavy (non-hydrogen) atoms. The second-order valence-corrected chi connectivity index (χ2v) is 5.09. The van der Waals surface area contributed by atoms with E-state index in [1.54, 1.807) is 0 Å². The first-order chi connectivity index (χ1) is 6.23. The van der Waals surface area contributed by atoms with Crippen molar-refractivity contribution in [2.75, 3.05) is 0 Å². The molecule has 1 saturated carbocycles. The summed E-state index contributed by atoms with van der Waals surface area (Å²) >= 11 is 0. The topological polar surface area (TPSA) is 57.5 Å². The Morgan fingerprint density at radius 1 is 1.36 bits per heavy atom. The summed E-state index contributed by atoms with van der Waals surface area (Å²) in [6.07, 6.45) is 3.21. The Balaban J connectivity index is 0.000000364. The molecule has 0 amide bonds. The van der Waals surface area contributed by atoms with E-state index in [2.05, 4.69) is 20.8 Å². The molecule has 1 fully saturated rings. The van der Waals surface area contributed by atoms with Crippen LogP contribution in [0.3, 0.4) is 0 Å². The standard InChI is InChI=1S/C9H18O.C2H4O2/c1-7-4-8(10)6-9(2,3)5-7;1-2(3)4/h7-8,10H,4-6H2,1-3H3;1H3,(H,3,4). The molecule has 3 heteroatoms. The molecule has 2 N–H and O–H groups in total. The van der Waals surface area contributed by atoms with E-state index in [0.29, 0.717) is 11.3 Å². The van der Waals surface area contributed by atoms with Gasteiger partial charge in [-0.25, -0.2) is 0 Å². The molecule has 2 unspecified atom stereocenters. The van der Waals surface area contributed by atoms with Crippen LogP contribution in [0.5, 0.6) is 0 Å². The minimum Gasteiger partial charge on any atom is -0.481 e. The van der Waals surface area contributed by atoms with Gasteiger partial charge in [0, 0.05) is 6.92 Å². The number of rotatable bonds is 0. The molecule has 3 nitrogen and oxygen atoms in total. The van der Waals surface area contributed by atoms with Crippen LogP contribution in [0.4, 0.5) is 0 Å². The molecule has 0 aliphatic heterocycles. The van der Waals surface area contributed by atoms with Crippen LogP contribution < -0.4 is 0 Å². The number of carbonyl (C=O) groups is 1. The van der Waals surface area contributed by atoms with Crippen LogP contribution >= 0.6 is 0 Å². The number of aliphatic hydroxyl groups is 1. The molecule has 0 aromatic rings. The molecular weight excluding hydrogens is 180 g/mol. The van der Waals surface area contributed by atoms with Crippen molar-refractivity contribution in [3.05, 3.63) is 0 Å². The fourth-order valence-electron chi connectivity index (χ4n) is 2.30. The number of aliphatic hydroxyl groups excluding tert-OH is 1. The third kappa shape index (κ3) is 6.89. The van der Waals surface area contributed by atoms with E-state index in [1.807, 2.05) is 0 Å². The van der Waals surface area contributed by atoms with Gasteiger partial charge in [0.05, 0.1) is 6.10 Å². The minimum absolute atomic E-state index is 0.0428. The van der Waals surface area contributed by atoms with Gasteiger partial charge in [-0.05, 0) is 30.6 Å². The number of hydrogen-bond acceptors (Lipinski definition) is 2. The number of hydrogen-bond donors (Lipinski definition) is 2. The van der Waals surface area contributed by atoms with Crippen molar-refractivity contribution in [2.45, 2.75) is 53.1 Å². The summed E-state index contributed by atoms with van der Waals surface area (Å²) in [5, 5.41) is 16.8. The lowest BCUT2D eigenvalue weighted by molar-refractivity contribution is -0.134. The van der Waals surface area contributed by atoms with Crippen LogP contribution in [-0.2, 0) is 4.79 Å².